The lowest BCUT2D eigenvalue weighted by atomic mass is 9.95. The standard InChI is InChI=1S/C19H21N3O2/c23-18(21-15-7-3-1-4-8-15)14-11-12-20-17(13-14)19(24)22-16-9-5-2-6-10-16/h2,5-6,9-13,15H,1,3-4,7-8H2,(H,21,23)(H,22,24). The molecule has 2 aromatic rings. The maximum Gasteiger partial charge on any atom is 0.274 e. The fraction of sp³-hybridized carbons (Fsp3) is 0.316. The van der Waals surface area contributed by atoms with Crippen LogP contribution in [0, 0.1) is 0 Å². The first kappa shape index (κ1) is 16.2. The van der Waals surface area contributed by atoms with Crippen LogP contribution in [0.25, 0.3) is 0 Å². The van der Waals surface area contributed by atoms with E-state index in [-0.39, 0.29) is 23.6 Å². The Bertz CT molecular complexity index is 710. The number of carbonyl (C=O) groups excluding carboxylic acids is 2. The van der Waals surface area contributed by atoms with Crippen molar-refractivity contribution in [3.05, 3.63) is 59.9 Å². The number of amides is 2. The number of benzene rings is 1. The molecule has 1 fully saturated rings. The molecule has 1 aromatic carbocycles. The number of nitrogens with one attached hydrogen (secondary N) is 2. The molecule has 24 heavy (non-hydrogen) atoms. The number of hydrogen-bond donors (Lipinski definition) is 2. The summed E-state index contributed by atoms with van der Waals surface area (Å²) >= 11 is 0. The normalized spacial score (nSPS) is 14.8. The fourth-order valence-electron chi connectivity index (χ4n) is 2.93. The first-order valence-electron chi connectivity index (χ1n) is 8.36. The fourth-order valence-corrected chi connectivity index (χ4v) is 2.93. The smallest absolute Gasteiger partial charge is 0.274 e. The van der Waals surface area contributed by atoms with Crippen molar-refractivity contribution in [2.45, 2.75) is 38.1 Å². The maximum absolute atomic E-state index is 12.4. The van der Waals surface area contributed by atoms with E-state index in [2.05, 4.69) is 15.6 Å². The van der Waals surface area contributed by atoms with E-state index in [4.69, 9.17) is 0 Å². The molecular formula is C19H21N3O2. The molecule has 0 saturated heterocycles. The number of nitrogens with zero attached hydrogens (tertiary/aromatic N) is 1. The summed E-state index contributed by atoms with van der Waals surface area (Å²) in [5.41, 5.74) is 1.39. The van der Waals surface area contributed by atoms with Gasteiger partial charge in [0.25, 0.3) is 11.8 Å². The van der Waals surface area contributed by atoms with Gasteiger partial charge in [-0.15, -0.1) is 0 Å². The van der Waals surface area contributed by atoms with Crippen molar-refractivity contribution in [2.75, 3.05) is 5.32 Å². The Balaban J connectivity index is 1.66. The van der Waals surface area contributed by atoms with Crippen LogP contribution in [0.1, 0.15) is 53.0 Å². The maximum atomic E-state index is 12.4. The van der Waals surface area contributed by atoms with Crippen LogP contribution in [0.5, 0.6) is 0 Å². The molecule has 2 amide bonds. The summed E-state index contributed by atoms with van der Waals surface area (Å²) in [6.07, 6.45) is 7.11. The molecule has 0 spiro atoms. The minimum absolute atomic E-state index is 0.141. The van der Waals surface area contributed by atoms with Gasteiger partial charge in [0.1, 0.15) is 5.69 Å². The van der Waals surface area contributed by atoms with Gasteiger partial charge in [-0.1, -0.05) is 37.5 Å². The summed E-state index contributed by atoms with van der Waals surface area (Å²) in [5.74, 6) is -0.466. The molecule has 1 aliphatic carbocycles. The van der Waals surface area contributed by atoms with E-state index in [1.807, 2.05) is 18.2 Å². The van der Waals surface area contributed by atoms with Crippen molar-refractivity contribution in [1.82, 2.24) is 10.3 Å². The van der Waals surface area contributed by atoms with Gasteiger partial charge < -0.3 is 10.6 Å². The Kier molecular flexibility index (Phi) is 5.21. The van der Waals surface area contributed by atoms with Gasteiger partial charge in [-0.3, -0.25) is 14.6 Å². The Hall–Kier alpha value is -2.69. The number of aromatic nitrogens is 1. The summed E-state index contributed by atoms with van der Waals surface area (Å²) in [6, 6.07) is 12.6. The largest absolute Gasteiger partial charge is 0.349 e. The van der Waals surface area contributed by atoms with Crippen molar-refractivity contribution in [3.8, 4) is 0 Å². The lowest BCUT2D eigenvalue weighted by Crippen LogP contribution is -2.36. The third kappa shape index (κ3) is 4.19. The van der Waals surface area contributed by atoms with Crippen LogP contribution < -0.4 is 10.6 Å². The second-order valence-corrected chi connectivity index (χ2v) is 6.06. The Morgan fingerprint density at radius 2 is 1.71 bits per heavy atom. The van der Waals surface area contributed by atoms with E-state index in [0.29, 0.717) is 11.3 Å². The number of carbonyl (C=O) groups is 2. The van der Waals surface area contributed by atoms with E-state index in [1.165, 1.54) is 18.7 Å². The van der Waals surface area contributed by atoms with Crippen molar-refractivity contribution >= 4 is 17.5 Å². The van der Waals surface area contributed by atoms with Crippen molar-refractivity contribution < 1.29 is 9.59 Å². The van der Waals surface area contributed by atoms with Gasteiger partial charge in [-0.25, -0.2) is 0 Å². The molecule has 0 atom stereocenters. The molecule has 1 saturated carbocycles. The number of rotatable bonds is 4. The Labute approximate surface area is 141 Å². The summed E-state index contributed by atoms with van der Waals surface area (Å²) < 4.78 is 0. The van der Waals surface area contributed by atoms with E-state index in [9.17, 15) is 9.59 Å². The molecule has 0 bridgehead atoms. The van der Waals surface area contributed by atoms with Crippen LogP contribution in [0.4, 0.5) is 5.69 Å². The van der Waals surface area contributed by atoms with Gasteiger partial charge in [-0.2, -0.15) is 0 Å². The third-order valence-electron chi connectivity index (χ3n) is 4.23. The van der Waals surface area contributed by atoms with Gasteiger partial charge in [-0.05, 0) is 37.1 Å². The first-order valence-corrected chi connectivity index (χ1v) is 8.36. The zero-order valence-electron chi connectivity index (χ0n) is 13.5. The molecule has 0 unspecified atom stereocenters. The van der Waals surface area contributed by atoms with Crippen molar-refractivity contribution in [1.29, 1.82) is 0 Å². The average Bonchev–Trinajstić information content (AvgIpc) is 2.63. The molecule has 2 N–H and O–H groups in total. The molecule has 1 aliphatic rings. The van der Waals surface area contributed by atoms with E-state index in [1.54, 1.807) is 18.2 Å². The minimum atomic E-state index is -0.325. The van der Waals surface area contributed by atoms with E-state index in [0.717, 1.165) is 25.7 Å². The second-order valence-electron chi connectivity index (χ2n) is 6.06. The summed E-state index contributed by atoms with van der Waals surface area (Å²) in [4.78, 5) is 28.7. The highest BCUT2D eigenvalue weighted by molar-refractivity contribution is 6.04. The lowest BCUT2D eigenvalue weighted by molar-refractivity contribution is 0.0927. The molecule has 0 radical (unpaired) electrons. The number of anilines is 1. The quantitative estimate of drug-likeness (QED) is 0.906. The van der Waals surface area contributed by atoms with Crippen LogP contribution >= 0.6 is 0 Å². The minimum Gasteiger partial charge on any atom is -0.349 e. The number of pyridine rings is 1. The summed E-state index contributed by atoms with van der Waals surface area (Å²) in [5, 5.41) is 5.83. The number of para-hydroxylation sites is 1. The van der Waals surface area contributed by atoms with E-state index >= 15 is 0 Å². The zero-order valence-corrected chi connectivity index (χ0v) is 13.5. The van der Waals surface area contributed by atoms with Crippen LogP contribution in [0.3, 0.4) is 0 Å². The molecule has 1 heterocycles. The SMILES string of the molecule is O=C(NC1CCCCC1)c1ccnc(C(=O)Nc2ccccc2)c1. The predicted octanol–water partition coefficient (Wildman–Crippen LogP) is 3.40. The van der Waals surface area contributed by atoms with Crippen LogP contribution in [0.2, 0.25) is 0 Å². The molecule has 3 rings (SSSR count). The zero-order chi connectivity index (χ0) is 16.8. The predicted molar refractivity (Wildman–Crippen MR) is 93.0 cm³/mol. The summed E-state index contributed by atoms with van der Waals surface area (Å²) in [6.45, 7) is 0. The number of hydrogen-bond acceptors (Lipinski definition) is 3. The highest BCUT2D eigenvalue weighted by Crippen LogP contribution is 2.18. The molecule has 5 nitrogen and oxygen atoms in total. The molecule has 0 aliphatic heterocycles. The van der Waals surface area contributed by atoms with Crippen LogP contribution in [-0.4, -0.2) is 22.8 Å². The van der Waals surface area contributed by atoms with Gasteiger partial charge >= 0.3 is 0 Å². The van der Waals surface area contributed by atoms with Gasteiger partial charge in [0.15, 0.2) is 0 Å². The van der Waals surface area contributed by atoms with Gasteiger partial charge in [0.2, 0.25) is 0 Å². The molecular weight excluding hydrogens is 302 g/mol. The first-order chi connectivity index (χ1) is 11.7. The summed E-state index contributed by atoms with van der Waals surface area (Å²) in [7, 11) is 0. The highest BCUT2D eigenvalue weighted by atomic mass is 16.2. The monoisotopic (exact) mass is 323 g/mol. The van der Waals surface area contributed by atoms with Gasteiger partial charge in [0, 0.05) is 23.5 Å². The van der Waals surface area contributed by atoms with Crippen molar-refractivity contribution in [2.24, 2.45) is 0 Å². The van der Waals surface area contributed by atoms with E-state index < -0.39 is 0 Å². The molecule has 5 heteroatoms. The van der Waals surface area contributed by atoms with Crippen molar-refractivity contribution in [3.63, 3.8) is 0 Å². The Morgan fingerprint density at radius 1 is 0.958 bits per heavy atom. The lowest BCUT2D eigenvalue weighted by Gasteiger charge is -2.22. The van der Waals surface area contributed by atoms with Gasteiger partial charge in [0.05, 0.1) is 0 Å². The third-order valence-corrected chi connectivity index (χ3v) is 4.23. The second kappa shape index (κ2) is 7.73. The Morgan fingerprint density at radius 3 is 2.46 bits per heavy atom. The molecule has 1 aromatic heterocycles. The highest BCUT2D eigenvalue weighted by Gasteiger charge is 2.18. The molecule has 124 valence electrons. The topological polar surface area (TPSA) is 71.1 Å². The van der Waals surface area contributed by atoms with Crippen LogP contribution in [0.15, 0.2) is 48.7 Å². The average molecular weight is 323 g/mol. The van der Waals surface area contributed by atoms with Crippen LogP contribution in [-0.2, 0) is 0 Å².